The van der Waals surface area contributed by atoms with Crippen LogP contribution < -0.4 is 14.2 Å². The molecule has 8 nitrogen and oxygen atoms in total. The number of hydrogen-bond acceptors (Lipinski definition) is 7. The summed E-state index contributed by atoms with van der Waals surface area (Å²) in [6.45, 7) is 0.145. The lowest BCUT2D eigenvalue weighted by Gasteiger charge is -2.24. The van der Waals surface area contributed by atoms with E-state index in [1.807, 2.05) is 12.1 Å². The molecule has 8 heteroatoms. The third kappa shape index (κ3) is 4.17. The van der Waals surface area contributed by atoms with Gasteiger partial charge in [0.25, 0.3) is 11.7 Å². The van der Waals surface area contributed by atoms with Gasteiger partial charge in [0.15, 0.2) is 0 Å². The number of pyridine rings is 1. The average Bonchev–Trinajstić information content (AvgIpc) is 3.13. The van der Waals surface area contributed by atoms with Crippen LogP contribution in [-0.2, 0) is 16.1 Å². The number of carbonyl (C=O) groups excluding carboxylic acids is 2. The Labute approximate surface area is 197 Å². The fraction of sp³-hybridized carbons (Fsp3) is 0.192. The molecule has 0 spiro atoms. The van der Waals surface area contributed by atoms with E-state index in [4.69, 9.17) is 14.2 Å². The minimum absolute atomic E-state index is 0.0549. The summed E-state index contributed by atoms with van der Waals surface area (Å²) in [7, 11) is 4.53. The van der Waals surface area contributed by atoms with E-state index < -0.39 is 17.7 Å². The molecule has 1 amide bonds. The van der Waals surface area contributed by atoms with Crippen molar-refractivity contribution >= 4 is 17.4 Å². The summed E-state index contributed by atoms with van der Waals surface area (Å²) in [6, 6.07) is 16.4. The van der Waals surface area contributed by atoms with Gasteiger partial charge in [-0.15, -0.1) is 0 Å². The lowest BCUT2D eigenvalue weighted by Crippen LogP contribution is -2.29. The van der Waals surface area contributed by atoms with E-state index in [-0.39, 0.29) is 23.4 Å². The van der Waals surface area contributed by atoms with Gasteiger partial charge in [0.1, 0.15) is 29.0 Å². The van der Waals surface area contributed by atoms with Crippen LogP contribution in [0.3, 0.4) is 0 Å². The molecule has 174 valence electrons. The van der Waals surface area contributed by atoms with Gasteiger partial charge in [-0.05, 0) is 42.0 Å². The largest absolute Gasteiger partial charge is 0.507 e. The standard InChI is InChI=1S/C26H24N2O6/c1-32-17-9-7-16(8-10-17)15-28-23(20-6-4-5-13-27-20)22(25(30)26(28)31)24(29)19-12-11-18(33-2)14-21(19)34-3/h4-14,23,29H,15H2,1-3H3/b24-22-. The van der Waals surface area contributed by atoms with Crippen molar-refractivity contribution in [1.82, 2.24) is 9.88 Å². The van der Waals surface area contributed by atoms with Gasteiger partial charge in [0.05, 0.1) is 38.2 Å². The molecular weight excluding hydrogens is 436 g/mol. The Kier molecular flexibility index (Phi) is 6.49. The Bertz CT molecular complexity index is 1240. The minimum atomic E-state index is -0.880. The molecule has 4 rings (SSSR count). The minimum Gasteiger partial charge on any atom is -0.507 e. The van der Waals surface area contributed by atoms with Gasteiger partial charge in [-0.3, -0.25) is 14.6 Å². The molecule has 1 fully saturated rings. The number of amides is 1. The number of nitrogens with zero attached hydrogens (tertiary/aromatic N) is 2. The summed E-state index contributed by atoms with van der Waals surface area (Å²) in [5.74, 6) is -0.350. The summed E-state index contributed by atoms with van der Waals surface area (Å²) in [4.78, 5) is 32.1. The van der Waals surface area contributed by atoms with Gasteiger partial charge in [0, 0.05) is 18.8 Å². The first-order valence-corrected chi connectivity index (χ1v) is 10.5. The number of aliphatic hydroxyl groups is 1. The van der Waals surface area contributed by atoms with Gasteiger partial charge in [-0.25, -0.2) is 0 Å². The van der Waals surface area contributed by atoms with Crippen LogP contribution in [-0.4, -0.2) is 48.0 Å². The zero-order chi connectivity index (χ0) is 24.2. The molecule has 0 radical (unpaired) electrons. The molecule has 3 aromatic rings. The molecule has 1 saturated heterocycles. The summed E-state index contributed by atoms with van der Waals surface area (Å²) in [5.41, 5.74) is 1.47. The quantitative estimate of drug-likeness (QED) is 0.326. The second-order valence-electron chi connectivity index (χ2n) is 7.60. The summed E-state index contributed by atoms with van der Waals surface area (Å²) in [5, 5.41) is 11.3. The first-order valence-electron chi connectivity index (χ1n) is 10.5. The molecule has 1 aliphatic heterocycles. The zero-order valence-electron chi connectivity index (χ0n) is 19.0. The molecule has 0 saturated carbocycles. The predicted molar refractivity (Wildman–Crippen MR) is 125 cm³/mol. The number of hydrogen-bond donors (Lipinski definition) is 1. The maximum atomic E-state index is 13.2. The summed E-state index contributed by atoms with van der Waals surface area (Å²) >= 11 is 0. The average molecular weight is 460 g/mol. The number of ether oxygens (including phenoxy) is 3. The zero-order valence-corrected chi connectivity index (χ0v) is 19.0. The van der Waals surface area contributed by atoms with Crippen LogP contribution in [0.2, 0.25) is 0 Å². The number of likely N-dealkylation sites (tertiary alicyclic amines) is 1. The number of aromatic nitrogens is 1. The third-order valence-corrected chi connectivity index (χ3v) is 5.68. The number of rotatable bonds is 7. The second kappa shape index (κ2) is 9.66. The fourth-order valence-electron chi connectivity index (χ4n) is 3.96. The van der Waals surface area contributed by atoms with Crippen molar-refractivity contribution in [2.24, 2.45) is 0 Å². The number of methoxy groups -OCH3 is 3. The van der Waals surface area contributed by atoms with Crippen LogP contribution in [0.5, 0.6) is 17.2 Å². The third-order valence-electron chi connectivity index (χ3n) is 5.68. The van der Waals surface area contributed by atoms with E-state index in [9.17, 15) is 14.7 Å². The van der Waals surface area contributed by atoms with Crippen molar-refractivity contribution < 1.29 is 28.9 Å². The Morgan fingerprint density at radius 3 is 2.26 bits per heavy atom. The van der Waals surface area contributed by atoms with Gasteiger partial charge in [-0.2, -0.15) is 0 Å². The van der Waals surface area contributed by atoms with E-state index in [1.165, 1.54) is 19.1 Å². The van der Waals surface area contributed by atoms with E-state index in [1.54, 1.807) is 61.8 Å². The predicted octanol–water partition coefficient (Wildman–Crippen LogP) is 3.73. The second-order valence-corrected chi connectivity index (χ2v) is 7.60. The Hall–Kier alpha value is -4.33. The highest BCUT2D eigenvalue weighted by Gasteiger charge is 2.47. The first-order chi connectivity index (χ1) is 16.5. The van der Waals surface area contributed by atoms with Crippen LogP contribution in [0.4, 0.5) is 0 Å². The Morgan fingerprint density at radius 2 is 1.65 bits per heavy atom. The monoisotopic (exact) mass is 460 g/mol. The van der Waals surface area contributed by atoms with Crippen LogP contribution in [0.1, 0.15) is 22.9 Å². The number of aliphatic hydroxyl groups excluding tert-OH is 1. The maximum Gasteiger partial charge on any atom is 0.296 e. The summed E-state index contributed by atoms with van der Waals surface area (Å²) in [6.07, 6.45) is 1.58. The normalized spacial score (nSPS) is 17.0. The smallest absolute Gasteiger partial charge is 0.296 e. The van der Waals surface area contributed by atoms with Crippen molar-refractivity contribution in [3.63, 3.8) is 0 Å². The van der Waals surface area contributed by atoms with Gasteiger partial charge in [0.2, 0.25) is 0 Å². The first kappa shape index (κ1) is 22.8. The van der Waals surface area contributed by atoms with Crippen molar-refractivity contribution in [2.45, 2.75) is 12.6 Å². The molecule has 0 aliphatic carbocycles. The van der Waals surface area contributed by atoms with Crippen molar-refractivity contribution in [1.29, 1.82) is 0 Å². The van der Waals surface area contributed by atoms with Gasteiger partial charge >= 0.3 is 0 Å². The molecule has 1 aromatic heterocycles. The van der Waals surface area contributed by atoms with Gasteiger partial charge in [-0.1, -0.05) is 18.2 Å². The Balaban J connectivity index is 1.84. The molecular formula is C26H24N2O6. The van der Waals surface area contributed by atoms with Crippen LogP contribution >= 0.6 is 0 Å². The van der Waals surface area contributed by atoms with Crippen molar-refractivity contribution in [3.8, 4) is 17.2 Å². The number of carbonyl (C=O) groups is 2. The lowest BCUT2D eigenvalue weighted by molar-refractivity contribution is -0.140. The van der Waals surface area contributed by atoms with Crippen LogP contribution in [0, 0.1) is 0 Å². The molecule has 2 heterocycles. The molecule has 0 bridgehead atoms. The van der Waals surface area contributed by atoms with Gasteiger partial charge < -0.3 is 24.2 Å². The van der Waals surface area contributed by atoms with Crippen molar-refractivity contribution in [2.75, 3.05) is 21.3 Å². The molecule has 1 N–H and O–H groups in total. The lowest BCUT2D eigenvalue weighted by atomic mass is 9.97. The van der Waals surface area contributed by atoms with E-state index >= 15 is 0 Å². The van der Waals surface area contributed by atoms with Crippen LogP contribution in [0.25, 0.3) is 5.76 Å². The highest BCUT2D eigenvalue weighted by Crippen LogP contribution is 2.41. The fourth-order valence-corrected chi connectivity index (χ4v) is 3.96. The van der Waals surface area contributed by atoms with E-state index in [0.717, 1.165) is 5.56 Å². The number of Topliss-reactive ketones (excluding diaryl/α,β-unsaturated/α-hetero) is 1. The number of benzene rings is 2. The molecule has 34 heavy (non-hydrogen) atoms. The molecule has 1 unspecified atom stereocenters. The summed E-state index contributed by atoms with van der Waals surface area (Å²) < 4.78 is 15.8. The van der Waals surface area contributed by atoms with Crippen molar-refractivity contribution in [3.05, 3.63) is 89.3 Å². The molecule has 1 atom stereocenters. The SMILES string of the molecule is COc1ccc(CN2C(=O)C(=O)/C(=C(\O)c3ccc(OC)cc3OC)C2c2ccccn2)cc1. The Morgan fingerprint density at radius 1 is 0.941 bits per heavy atom. The topological polar surface area (TPSA) is 98.2 Å². The highest BCUT2D eigenvalue weighted by atomic mass is 16.5. The molecule has 2 aromatic carbocycles. The maximum absolute atomic E-state index is 13.2. The highest BCUT2D eigenvalue weighted by molar-refractivity contribution is 6.46. The molecule has 1 aliphatic rings. The van der Waals surface area contributed by atoms with Crippen LogP contribution in [0.15, 0.2) is 72.4 Å². The van der Waals surface area contributed by atoms with E-state index in [2.05, 4.69) is 4.98 Å². The number of ketones is 1. The van der Waals surface area contributed by atoms with E-state index in [0.29, 0.717) is 22.9 Å².